The van der Waals surface area contributed by atoms with Crippen LogP contribution in [0.25, 0.3) is 22.0 Å². The molecule has 0 fully saturated rings. The topological polar surface area (TPSA) is 94.3 Å². The number of hydrogen-bond acceptors (Lipinski definition) is 6. The van der Waals surface area contributed by atoms with Crippen molar-refractivity contribution >= 4 is 28.6 Å². The summed E-state index contributed by atoms with van der Waals surface area (Å²) in [5.41, 5.74) is 2.43. The lowest BCUT2D eigenvalue weighted by molar-refractivity contribution is -0.141. The first-order chi connectivity index (χ1) is 16.0. The molecular formula is C25H23N3O4S. The molecule has 0 aliphatic rings. The first kappa shape index (κ1) is 22.5. The minimum atomic E-state index is -0.890. The maximum Gasteiger partial charge on any atom is 0.307 e. The third-order valence-corrected chi connectivity index (χ3v) is 6.57. The quantitative estimate of drug-likeness (QED) is 0.370. The van der Waals surface area contributed by atoms with Gasteiger partial charge in [-0.25, -0.2) is 4.68 Å². The number of fused-ring (bicyclic) bond motifs is 1. The number of rotatable bonds is 9. The molecule has 0 amide bonds. The fourth-order valence-corrected chi connectivity index (χ4v) is 4.48. The number of nitrogens with zero attached hydrogens (tertiary/aromatic N) is 3. The number of methoxy groups -OCH3 is 1. The van der Waals surface area contributed by atoms with Crippen molar-refractivity contribution in [1.29, 1.82) is 0 Å². The SMILES string of the molecule is COc1ccc(-c2ccc(SCC(CCn3nnc4ccccc4c3=O)C(=O)O)cc2)cc1. The molecule has 0 radical (unpaired) electrons. The monoisotopic (exact) mass is 461 g/mol. The largest absolute Gasteiger partial charge is 0.497 e. The lowest BCUT2D eigenvalue weighted by Crippen LogP contribution is -2.27. The van der Waals surface area contributed by atoms with E-state index in [0.717, 1.165) is 21.8 Å². The van der Waals surface area contributed by atoms with Crippen LogP contribution in [-0.4, -0.2) is 38.9 Å². The Hall–Kier alpha value is -3.65. The van der Waals surface area contributed by atoms with Crippen molar-refractivity contribution in [2.45, 2.75) is 17.9 Å². The molecule has 1 unspecified atom stereocenters. The fourth-order valence-electron chi connectivity index (χ4n) is 3.45. The normalized spacial score (nSPS) is 11.9. The van der Waals surface area contributed by atoms with Crippen LogP contribution >= 0.6 is 11.8 Å². The van der Waals surface area contributed by atoms with Gasteiger partial charge in [-0.15, -0.1) is 16.9 Å². The Bertz CT molecular complexity index is 1300. The Morgan fingerprint density at radius 3 is 2.36 bits per heavy atom. The number of hydrogen-bond donors (Lipinski definition) is 1. The molecule has 0 saturated heterocycles. The van der Waals surface area contributed by atoms with E-state index in [0.29, 0.717) is 23.1 Å². The molecule has 168 valence electrons. The summed E-state index contributed by atoms with van der Waals surface area (Å²) in [4.78, 5) is 25.3. The Balaban J connectivity index is 1.38. The average molecular weight is 462 g/mol. The van der Waals surface area contributed by atoms with Gasteiger partial charge in [0.2, 0.25) is 0 Å². The highest BCUT2D eigenvalue weighted by Gasteiger charge is 2.19. The molecule has 0 spiro atoms. The molecule has 1 heterocycles. The summed E-state index contributed by atoms with van der Waals surface area (Å²) in [6, 6.07) is 22.8. The zero-order valence-corrected chi connectivity index (χ0v) is 18.9. The summed E-state index contributed by atoms with van der Waals surface area (Å²) >= 11 is 1.48. The maximum atomic E-state index is 12.6. The minimum Gasteiger partial charge on any atom is -0.497 e. The lowest BCUT2D eigenvalue weighted by Gasteiger charge is -2.13. The van der Waals surface area contributed by atoms with E-state index >= 15 is 0 Å². The van der Waals surface area contributed by atoms with Gasteiger partial charge in [0.05, 0.1) is 18.4 Å². The summed E-state index contributed by atoms with van der Waals surface area (Å²) in [5.74, 6) is -0.300. The number of carboxylic acids is 1. The van der Waals surface area contributed by atoms with Crippen molar-refractivity contribution in [2.24, 2.45) is 5.92 Å². The van der Waals surface area contributed by atoms with Crippen molar-refractivity contribution in [1.82, 2.24) is 15.0 Å². The van der Waals surface area contributed by atoms with Gasteiger partial charge in [0.1, 0.15) is 11.3 Å². The van der Waals surface area contributed by atoms with Crippen LogP contribution in [0.1, 0.15) is 6.42 Å². The van der Waals surface area contributed by atoms with Gasteiger partial charge in [-0.05, 0) is 53.9 Å². The highest BCUT2D eigenvalue weighted by molar-refractivity contribution is 7.99. The van der Waals surface area contributed by atoms with Crippen LogP contribution in [-0.2, 0) is 11.3 Å². The molecule has 0 saturated carbocycles. The van der Waals surface area contributed by atoms with Gasteiger partial charge in [0.25, 0.3) is 5.56 Å². The smallest absolute Gasteiger partial charge is 0.307 e. The summed E-state index contributed by atoms with van der Waals surface area (Å²) in [7, 11) is 1.64. The maximum absolute atomic E-state index is 12.6. The standard InChI is InChI=1S/C25H23N3O4S/c1-32-20-10-6-17(7-11-20)18-8-12-21(13-9-18)33-16-19(25(30)31)14-15-28-24(29)22-4-2-3-5-23(22)26-27-28/h2-13,19H,14-16H2,1H3,(H,30,31). The highest BCUT2D eigenvalue weighted by Crippen LogP contribution is 2.27. The minimum absolute atomic E-state index is 0.199. The zero-order chi connectivity index (χ0) is 23.2. The summed E-state index contributed by atoms with van der Waals surface area (Å²) in [6.45, 7) is 0.199. The van der Waals surface area contributed by atoms with E-state index in [-0.39, 0.29) is 12.1 Å². The van der Waals surface area contributed by atoms with Gasteiger partial charge in [0, 0.05) is 17.2 Å². The van der Waals surface area contributed by atoms with Crippen LogP contribution in [0.4, 0.5) is 0 Å². The molecule has 1 atom stereocenters. The molecule has 33 heavy (non-hydrogen) atoms. The molecule has 7 nitrogen and oxygen atoms in total. The molecule has 1 aromatic heterocycles. The predicted octanol–water partition coefficient (Wildman–Crippen LogP) is 4.35. The summed E-state index contributed by atoms with van der Waals surface area (Å²) in [6.07, 6.45) is 0.291. The molecule has 0 aliphatic heterocycles. The summed E-state index contributed by atoms with van der Waals surface area (Å²) in [5, 5.41) is 18.1. The van der Waals surface area contributed by atoms with Crippen molar-refractivity contribution in [3.8, 4) is 16.9 Å². The van der Waals surface area contributed by atoms with Gasteiger partial charge in [-0.3, -0.25) is 9.59 Å². The number of carbonyl (C=O) groups is 1. The fraction of sp³-hybridized carbons (Fsp3) is 0.200. The van der Waals surface area contributed by atoms with E-state index in [1.165, 1.54) is 16.4 Å². The Labute approximate surface area is 195 Å². The van der Waals surface area contributed by atoms with E-state index in [4.69, 9.17) is 4.74 Å². The summed E-state index contributed by atoms with van der Waals surface area (Å²) < 4.78 is 6.44. The van der Waals surface area contributed by atoms with Crippen molar-refractivity contribution < 1.29 is 14.6 Å². The zero-order valence-electron chi connectivity index (χ0n) is 18.0. The van der Waals surface area contributed by atoms with Gasteiger partial charge < -0.3 is 9.84 Å². The molecule has 4 rings (SSSR count). The molecule has 0 aliphatic carbocycles. The number of benzene rings is 3. The first-order valence-corrected chi connectivity index (χ1v) is 11.5. The molecular weight excluding hydrogens is 438 g/mol. The van der Waals surface area contributed by atoms with Crippen LogP contribution in [0.3, 0.4) is 0 Å². The molecule has 8 heteroatoms. The van der Waals surface area contributed by atoms with Gasteiger partial charge in [-0.1, -0.05) is 41.6 Å². The van der Waals surface area contributed by atoms with Gasteiger partial charge in [-0.2, -0.15) is 0 Å². The van der Waals surface area contributed by atoms with E-state index in [1.54, 1.807) is 31.4 Å². The molecule has 0 bridgehead atoms. The molecule has 4 aromatic rings. The van der Waals surface area contributed by atoms with Crippen LogP contribution in [0.2, 0.25) is 0 Å². The third kappa shape index (κ3) is 5.40. The van der Waals surface area contributed by atoms with Gasteiger partial charge >= 0.3 is 5.97 Å². The van der Waals surface area contributed by atoms with Gasteiger partial charge in [0.15, 0.2) is 0 Å². The van der Waals surface area contributed by atoms with Crippen LogP contribution < -0.4 is 10.3 Å². The number of thioether (sulfide) groups is 1. The van der Waals surface area contributed by atoms with Crippen LogP contribution in [0, 0.1) is 5.92 Å². The Morgan fingerprint density at radius 1 is 1.03 bits per heavy atom. The van der Waals surface area contributed by atoms with E-state index in [9.17, 15) is 14.7 Å². The Kier molecular flexibility index (Phi) is 7.04. The molecule has 1 N–H and O–H groups in total. The van der Waals surface area contributed by atoms with Crippen LogP contribution in [0.15, 0.2) is 82.5 Å². The van der Waals surface area contributed by atoms with Crippen LogP contribution in [0.5, 0.6) is 5.75 Å². The third-order valence-electron chi connectivity index (χ3n) is 5.40. The van der Waals surface area contributed by atoms with E-state index < -0.39 is 11.9 Å². The first-order valence-electron chi connectivity index (χ1n) is 10.5. The number of aliphatic carboxylic acids is 1. The number of carboxylic acid groups (broad SMARTS) is 1. The number of ether oxygens (including phenoxy) is 1. The number of aryl methyl sites for hydroxylation is 1. The second kappa shape index (κ2) is 10.3. The highest BCUT2D eigenvalue weighted by atomic mass is 32.2. The molecule has 3 aromatic carbocycles. The lowest BCUT2D eigenvalue weighted by atomic mass is 10.1. The van der Waals surface area contributed by atoms with Crippen molar-refractivity contribution in [3.05, 3.63) is 83.2 Å². The van der Waals surface area contributed by atoms with Crippen molar-refractivity contribution in [2.75, 3.05) is 12.9 Å². The van der Waals surface area contributed by atoms with E-state index in [2.05, 4.69) is 10.3 Å². The van der Waals surface area contributed by atoms with Crippen molar-refractivity contribution in [3.63, 3.8) is 0 Å². The second-order valence-electron chi connectivity index (χ2n) is 7.52. The number of aromatic nitrogens is 3. The average Bonchev–Trinajstić information content (AvgIpc) is 2.85. The second-order valence-corrected chi connectivity index (χ2v) is 8.62. The predicted molar refractivity (Wildman–Crippen MR) is 129 cm³/mol. The van der Waals surface area contributed by atoms with E-state index in [1.807, 2.05) is 48.5 Å². The Morgan fingerprint density at radius 2 is 1.70 bits per heavy atom.